The SMILES string of the molecule is COC(=O)c1cc(-c2cc(Cl)c(Cl)cc2Cl)n[nH]1. The standard InChI is InChI=1S/C11H7Cl3N2O2/c1-18-11(17)10-4-9(15-16-10)5-2-7(13)8(14)3-6(5)12/h2-4H,1H3,(H,15,16). The van der Waals surface area contributed by atoms with E-state index in [4.69, 9.17) is 34.8 Å². The molecule has 0 aliphatic heterocycles. The number of halogens is 3. The number of esters is 1. The summed E-state index contributed by atoms with van der Waals surface area (Å²) >= 11 is 17.8. The summed E-state index contributed by atoms with van der Waals surface area (Å²) in [5, 5.41) is 7.64. The molecule has 1 heterocycles. The highest BCUT2D eigenvalue weighted by Crippen LogP contribution is 2.34. The smallest absolute Gasteiger partial charge is 0.356 e. The largest absolute Gasteiger partial charge is 0.464 e. The molecule has 0 spiro atoms. The first-order valence-corrected chi connectivity index (χ1v) is 5.95. The maximum Gasteiger partial charge on any atom is 0.356 e. The third-order valence-corrected chi connectivity index (χ3v) is 3.30. The van der Waals surface area contributed by atoms with Gasteiger partial charge in [-0.05, 0) is 18.2 Å². The molecule has 0 amide bonds. The van der Waals surface area contributed by atoms with Crippen molar-refractivity contribution < 1.29 is 9.53 Å². The first-order chi connectivity index (χ1) is 8.52. The number of carbonyl (C=O) groups excluding carboxylic acids is 1. The van der Waals surface area contributed by atoms with Crippen LogP contribution in [-0.2, 0) is 4.74 Å². The van der Waals surface area contributed by atoms with E-state index in [1.807, 2.05) is 0 Å². The van der Waals surface area contributed by atoms with Gasteiger partial charge in [-0.3, -0.25) is 5.10 Å². The van der Waals surface area contributed by atoms with Crippen LogP contribution in [0.2, 0.25) is 15.1 Å². The lowest BCUT2D eigenvalue weighted by molar-refractivity contribution is 0.0594. The molecule has 0 unspecified atom stereocenters. The Balaban J connectivity index is 2.46. The second kappa shape index (κ2) is 5.18. The molecule has 0 bridgehead atoms. The van der Waals surface area contributed by atoms with Crippen molar-refractivity contribution in [1.29, 1.82) is 0 Å². The van der Waals surface area contributed by atoms with Crippen LogP contribution in [0.1, 0.15) is 10.5 Å². The third-order valence-electron chi connectivity index (χ3n) is 2.27. The molecule has 2 rings (SSSR count). The minimum atomic E-state index is -0.509. The number of aromatic nitrogens is 2. The van der Waals surface area contributed by atoms with Gasteiger partial charge in [-0.2, -0.15) is 5.10 Å². The van der Waals surface area contributed by atoms with Gasteiger partial charge in [0.15, 0.2) is 0 Å². The average molecular weight is 306 g/mol. The molecule has 0 saturated heterocycles. The van der Waals surface area contributed by atoms with Crippen LogP contribution in [0.15, 0.2) is 18.2 Å². The van der Waals surface area contributed by atoms with Crippen molar-refractivity contribution in [3.05, 3.63) is 39.0 Å². The number of rotatable bonds is 2. The van der Waals surface area contributed by atoms with Gasteiger partial charge in [-0.1, -0.05) is 34.8 Å². The Labute approximate surface area is 118 Å². The molecule has 0 aliphatic carbocycles. The molecule has 7 heteroatoms. The highest BCUT2D eigenvalue weighted by atomic mass is 35.5. The number of methoxy groups -OCH3 is 1. The minimum Gasteiger partial charge on any atom is -0.464 e. The first kappa shape index (κ1) is 13.2. The third kappa shape index (κ3) is 2.46. The van der Waals surface area contributed by atoms with Crippen molar-refractivity contribution in [1.82, 2.24) is 10.2 Å². The molecule has 1 aromatic heterocycles. The molecular formula is C11H7Cl3N2O2. The quantitative estimate of drug-likeness (QED) is 0.678. The summed E-state index contributed by atoms with van der Waals surface area (Å²) in [5.41, 5.74) is 1.30. The first-order valence-electron chi connectivity index (χ1n) is 4.81. The van der Waals surface area contributed by atoms with Crippen molar-refractivity contribution in [2.24, 2.45) is 0 Å². The van der Waals surface area contributed by atoms with Crippen molar-refractivity contribution in [2.45, 2.75) is 0 Å². The van der Waals surface area contributed by atoms with Gasteiger partial charge in [0.25, 0.3) is 0 Å². The summed E-state index contributed by atoms with van der Waals surface area (Å²) < 4.78 is 4.57. The van der Waals surface area contributed by atoms with Crippen LogP contribution < -0.4 is 0 Å². The van der Waals surface area contributed by atoms with Gasteiger partial charge in [0.05, 0.1) is 27.9 Å². The number of hydrogen-bond acceptors (Lipinski definition) is 3. The lowest BCUT2D eigenvalue weighted by atomic mass is 10.1. The zero-order valence-electron chi connectivity index (χ0n) is 9.13. The number of hydrogen-bond donors (Lipinski definition) is 1. The molecule has 0 aliphatic rings. The number of ether oxygens (including phenoxy) is 1. The number of nitrogens with zero attached hydrogens (tertiary/aromatic N) is 1. The van der Waals surface area contributed by atoms with Crippen LogP contribution in [0.4, 0.5) is 0 Å². The van der Waals surface area contributed by atoms with Gasteiger partial charge in [0.1, 0.15) is 5.69 Å². The van der Waals surface area contributed by atoms with E-state index in [0.29, 0.717) is 26.3 Å². The Bertz CT molecular complexity index is 610. The van der Waals surface area contributed by atoms with Crippen LogP contribution in [0, 0.1) is 0 Å². The molecule has 2 aromatic rings. The van der Waals surface area contributed by atoms with Crippen LogP contribution in [0.5, 0.6) is 0 Å². The number of nitrogens with one attached hydrogen (secondary N) is 1. The number of carbonyl (C=O) groups is 1. The average Bonchev–Trinajstić information content (AvgIpc) is 2.82. The van der Waals surface area contributed by atoms with Crippen LogP contribution >= 0.6 is 34.8 Å². The molecule has 94 valence electrons. The second-order valence-corrected chi connectivity index (χ2v) is 4.63. The van der Waals surface area contributed by atoms with Crippen LogP contribution in [0.25, 0.3) is 11.3 Å². The van der Waals surface area contributed by atoms with Gasteiger partial charge < -0.3 is 4.74 Å². The van der Waals surface area contributed by atoms with E-state index < -0.39 is 5.97 Å². The van der Waals surface area contributed by atoms with Gasteiger partial charge >= 0.3 is 5.97 Å². The van der Waals surface area contributed by atoms with Gasteiger partial charge in [0, 0.05) is 5.56 Å². The van der Waals surface area contributed by atoms with Gasteiger partial charge in [0.2, 0.25) is 0 Å². The summed E-state index contributed by atoms with van der Waals surface area (Å²) in [6, 6.07) is 4.63. The predicted octanol–water partition coefficient (Wildman–Crippen LogP) is 3.82. The predicted molar refractivity (Wildman–Crippen MR) is 70.4 cm³/mol. The van der Waals surface area contributed by atoms with Crippen molar-refractivity contribution >= 4 is 40.8 Å². The topological polar surface area (TPSA) is 55.0 Å². The van der Waals surface area contributed by atoms with Crippen molar-refractivity contribution in [3.8, 4) is 11.3 Å². The van der Waals surface area contributed by atoms with Crippen molar-refractivity contribution in [2.75, 3.05) is 7.11 Å². The monoisotopic (exact) mass is 304 g/mol. The number of H-pyrrole nitrogens is 1. The summed E-state index contributed by atoms with van der Waals surface area (Å²) in [4.78, 5) is 11.3. The molecular weight excluding hydrogens is 298 g/mol. The Hall–Kier alpha value is -1.23. The highest BCUT2D eigenvalue weighted by Gasteiger charge is 2.14. The summed E-state index contributed by atoms with van der Waals surface area (Å²) in [6.07, 6.45) is 0. The van der Waals surface area contributed by atoms with E-state index in [2.05, 4.69) is 14.9 Å². The van der Waals surface area contributed by atoms with E-state index >= 15 is 0 Å². The molecule has 0 fully saturated rings. The number of aromatic amines is 1. The lowest BCUT2D eigenvalue weighted by Gasteiger charge is -2.02. The fraction of sp³-hybridized carbons (Fsp3) is 0.0909. The molecule has 0 saturated carbocycles. The maximum atomic E-state index is 11.3. The summed E-state index contributed by atoms with van der Waals surface area (Å²) in [5.74, 6) is -0.509. The zero-order chi connectivity index (χ0) is 13.3. The van der Waals surface area contributed by atoms with Crippen LogP contribution in [0.3, 0.4) is 0 Å². The fourth-order valence-corrected chi connectivity index (χ4v) is 2.04. The highest BCUT2D eigenvalue weighted by molar-refractivity contribution is 6.44. The van der Waals surface area contributed by atoms with E-state index in [9.17, 15) is 4.79 Å². The van der Waals surface area contributed by atoms with Gasteiger partial charge in [-0.25, -0.2) is 4.79 Å². The molecule has 4 nitrogen and oxygen atoms in total. The summed E-state index contributed by atoms with van der Waals surface area (Å²) in [6.45, 7) is 0. The Morgan fingerprint density at radius 3 is 2.50 bits per heavy atom. The zero-order valence-corrected chi connectivity index (χ0v) is 11.4. The van der Waals surface area contributed by atoms with E-state index in [0.717, 1.165) is 0 Å². The van der Waals surface area contributed by atoms with Crippen molar-refractivity contribution in [3.63, 3.8) is 0 Å². The van der Waals surface area contributed by atoms with E-state index in [-0.39, 0.29) is 5.69 Å². The van der Waals surface area contributed by atoms with E-state index in [1.165, 1.54) is 19.2 Å². The number of benzene rings is 1. The maximum absolute atomic E-state index is 11.3. The molecule has 1 aromatic carbocycles. The Morgan fingerprint density at radius 1 is 1.17 bits per heavy atom. The normalized spacial score (nSPS) is 10.4. The molecule has 0 atom stereocenters. The molecule has 1 N–H and O–H groups in total. The second-order valence-electron chi connectivity index (χ2n) is 3.40. The minimum absolute atomic E-state index is 0.231. The van der Waals surface area contributed by atoms with E-state index in [1.54, 1.807) is 6.07 Å². The fourth-order valence-electron chi connectivity index (χ4n) is 1.39. The Morgan fingerprint density at radius 2 is 1.83 bits per heavy atom. The molecule has 0 radical (unpaired) electrons. The lowest BCUT2D eigenvalue weighted by Crippen LogP contribution is -2.00. The summed E-state index contributed by atoms with van der Waals surface area (Å²) in [7, 11) is 1.29. The molecule has 18 heavy (non-hydrogen) atoms. The van der Waals surface area contributed by atoms with Gasteiger partial charge in [-0.15, -0.1) is 0 Å². The van der Waals surface area contributed by atoms with Crippen LogP contribution in [-0.4, -0.2) is 23.3 Å². The Kier molecular flexibility index (Phi) is 3.80.